The maximum atomic E-state index is 13.3. The van der Waals surface area contributed by atoms with Crippen molar-refractivity contribution in [3.05, 3.63) is 60.2 Å². The second-order valence-corrected chi connectivity index (χ2v) is 9.97. The number of hydrogen-bond donors (Lipinski definition) is 4. The smallest absolute Gasteiger partial charge is 0.326 e. The molecule has 0 spiro atoms. The van der Waals surface area contributed by atoms with Crippen LogP contribution < -0.4 is 20.7 Å². The number of benzene rings is 2. The molecular weight excluding hydrogens is 478 g/mol. The number of amides is 2. The SMILES string of the molecule is COc1ccc(N[C@@H](CCSC)C(=O)N[C@@H](CC(C)C)C(=O)N[C@@H](Cc2ccccc2)C(=O)O)cc1. The summed E-state index contributed by atoms with van der Waals surface area (Å²) in [5.74, 6) is -0.370. The van der Waals surface area contributed by atoms with Gasteiger partial charge in [-0.25, -0.2) is 4.79 Å². The zero-order valence-electron chi connectivity index (χ0n) is 21.3. The van der Waals surface area contributed by atoms with Crippen molar-refractivity contribution in [1.29, 1.82) is 0 Å². The van der Waals surface area contributed by atoms with Gasteiger partial charge in [-0.2, -0.15) is 11.8 Å². The molecule has 36 heavy (non-hydrogen) atoms. The molecule has 0 bridgehead atoms. The second kappa shape index (κ2) is 15.0. The van der Waals surface area contributed by atoms with Crippen LogP contribution in [0.2, 0.25) is 0 Å². The van der Waals surface area contributed by atoms with Gasteiger partial charge in [0.15, 0.2) is 0 Å². The number of hydrogen-bond acceptors (Lipinski definition) is 6. The molecule has 0 saturated heterocycles. The van der Waals surface area contributed by atoms with Crippen molar-refractivity contribution in [2.75, 3.05) is 24.4 Å². The monoisotopic (exact) mass is 515 g/mol. The highest BCUT2D eigenvalue weighted by atomic mass is 32.2. The Hall–Kier alpha value is -3.20. The van der Waals surface area contributed by atoms with E-state index in [1.165, 1.54) is 0 Å². The molecule has 3 atom stereocenters. The molecule has 196 valence electrons. The first-order chi connectivity index (χ1) is 17.2. The van der Waals surface area contributed by atoms with Gasteiger partial charge in [-0.3, -0.25) is 9.59 Å². The molecule has 0 heterocycles. The molecule has 0 aliphatic heterocycles. The van der Waals surface area contributed by atoms with Crippen LogP contribution in [0.4, 0.5) is 5.69 Å². The second-order valence-electron chi connectivity index (χ2n) is 8.99. The van der Waals surface area contributed by atoms with Gasteiger partial charge in [0.25, 0.3) is 0 Å². The molecule has 0 unspecified atom stereocenters. The first-order valence-corrected chi connectivity index (χ1v) is 13.4. The maximum absolute atomic E-state index is 13.3. The Morgan fingerprint density at radius 3 is 2.08 bits per heavy atom. The zero-order chi connectivity index (χ0) is 26.5. The molecule has 0 fully saturated rings. The largest absolute Gasteiger partial charge is 0.497 e. The number of nitrogens with one attached hydrogen (secondary N) is 3. The minimum absolute atomic E-state index is 0.109. The van der Waals surface area contributed by atoms with Crippen LogP contribution in [0.15, 0.2) is 54.6 Å². The lowest BCUT2D eigenvalue weighted by Gasteiger charge is -2.26. The van der Waals surface area contributed by atoms with Gasteiger partial charge in [-0.15, -0.1) is 0 Å². The van der Waals surface area contributed by atoms with Crippen molar-refractivity contribution in [3.8, 4) is 5.75 Å². The number of anilines is 1. The van der Waals surface area contributed by atoms with Crippen LogP contribution in [0.5, 0.6) is 5.75 Å². The van der Waals surface area contributed by atoms with E-state index in [1.54, 1.807) is 31.0 Å². The van der Waals surface area contributed by atoms with Crippen LogP contribution in [-0.2, 0) is 20.8 Å². The van der Waals surface area contributed by atoms with E-state index < -0.39 is 30.0 Å². The first-order valence-electron chi connectivity index (χ1n) is 12.0. The van der Waals surface area contributed by atoms with Gasteiger partial charge in [0.1, 0.15) is 23.9 Å². The third-order valence-electron chi connectivity index (χ3n) is 5.60. The van der Waals surface area contributed by atoms with Crippen molar-refractivity contribution in [2.45, 2.75) is 51.2 Å². The van der Waals surface area contributed by atoms with E-state index in [0.717, 1.165) is 17.0 Å². The number of thioether (sulfide) groups is 1. The van der Waals surface area contributed by atoms with Gasteiger partial charge in [-0.05, 0) is 60.6 Å². The Kier molecular flexibility index (Phi) is 12.1. The van der Waals surface area contributed by atoms with Gasteiger partial charge < -0.3 is 25.8 Å². The highest BCUT2D eigenvalue weighted by Crippen LogP contribution is 2.17. The first kappa shape index (κ1) is 29.0. The molecule has 2 aromatic carbocycles. The number of methoxy groups -OCH3 is 1. The van der Waals surface area contributed by atoms with Crippen LogP contribution >= 0.6 is 11.8 Å². The fourth-order valence-electron chi connectivity index (χ4n) is 3.69. The summed E-state index contributed by atoms with van der Waals surface area (Å²) in [6.07, 6.45) is 3.06. The summed E-state index contributed by atoms with van der Waals surface area (Å²) < 4.78 is 5.19. The number of carboxylic acids is 1. The molecule has 2 aromatic rings. The molecule has 8 nitrogen and oxygen atoms in total. The Bertz CT molecular complexity index is 969. The Morgan fingerprint density at radius 1 is 0.917 bits per heavy atom. The molecule has 2 rings (SSSR count). The summed E-state index contributed by atoms with van der Waals surface area (Å²) in [6.45, 7) is 3.90. The van der Waals surface area contributed by atoms with Gasteiger partial charge in [0.2, 0.25) is 11.8 Å². The Balaban J connectivity index is 2.13. The standard InChI is InChI=1S/C27H37N3O5S/c1-18(2)16-23(26(32)30-24(27(33)34)17-19-8-6-5-7-9-19)29-25(31)22(14-15-36-4)28-20-10-12-21(35-3)13-11-20/h5-13,18,22-24,28H,14-17H2,1-4H3,(H,29,31)(H,30,32)(H,33,34)/t22-,23-,24-/m0/s1. The predicted molar refractivity (Wildman–Crippen MR) is 145 cm³/mol. The minimum Gasteiger partial charge on any atom is -0.497 e. The van der Waals surface area contributed by atoms with Crippen LogP contribution in [0.3, 0.4) is 0 Å². The molecule has 0 aliphatic carbocycles. The third-order valence-corrected chi connectivity index (χ3v) is 6.24. The number of carboxylic acid groups (broad SMARTS) is 1. The van der Waals surface area contributed by atoms with Gasteiger partial charge in [0.05, 0.1) is 7.11 Å². The average molecular weight is 516 g/mol. The number of rotatable bonds is 15. The maximum Gasteiger partial charge on any atom is 0.326 e. The fraction of sp³-hybridized carbons (Fsp3) is 0.444. The summed E-state index contributed by atoms with van der Waals surface area (Å²) >= 11 is 1.63. The molecular formula is C27H37N3O5S. The van der Waals surface area contributed by atoms with Crippen molar-refractivity contribution in [2.24, 2.45) is 5.92 Å². The number of ether oxygens (including phenoxy) is 1. The van der Waals surface area contributed by atoms with E-state index in [1.807, 2.05) is 62.6 Å². The fourth-order valence-corrected chi connectivity index (χ4v) is 4.16. The van der Waals surface area contributed by atoms with Crippen LogP contribution in [0, 0.1) is 5.92 Å². The lowest BCUT2D eigenvalue weighted by atomic mass is 10.0. The van der Waals surface area contributed by atoms with Crippen molar-refractivity contribution >= 4 is 35.2 Å². The summed E-state index contributed by atoms with van der Waals surface area (Å²) in [6, 6.07) is 13.9. The van der Waals surface area contributed by atoms with Crippen molar-refractivity contribution in [3.63, 3.8) is 0 Å². The normalized spacial score (nSPS) is 13.4. The van der Waals surface area contributed by atoms with Crippen LogP contribution in [-0.4, -0.2) is 60.1 Å². The number of carbonyl (C=O) groups is 3. The number of carbonyl (C=O) groups excluding carboxylic acids is 2. The van der Waals surface area contributed by atoms with Gasteiger partial charge >= 0.3 is 5.97 Å². The van der Waals surface area contributed by atoms with E-state index in [-0.39, 0.29) is 18.2 Å². The summed E-state index contributed by atoms with van der Waals surface area (Å²) in [5.41, 5.74) is 1.56. The van der Waals surface area contributed by atoms with Crippen molar-refractivity contribution < 1.29 is 24.2 Å². The highest BCUT2D eigenvalue weighted by Gasteiger charge is 2.29. The van der Waals surface area contributed by atoms with E-state index in [2.05, 4.69) is 16.0 Å². The molecule has 9 heteroatoms. The molecule has 2 amide bonds. The summed E-state index contributed by atoms with van der Waals surface area (Å²) in [5, 5.41) is 18.4. The quantitative estimate of drug-likeness (QED) is 0.286. The molecule has 0 aliphatic rings. The van der Waals surface area contributed by atoms with Gasteiger partial charge in [-0.1, -0.05) is 44.2 Å². The number of aliphatic carboxylic acids is 1. The lowest BCUT2D eigenvalue weighted by molar-refractivity contribution is -0.142. The van der Waals surface area contributed by atoms with Crippen LogP contribution in [0.1, 0.15) is 32.3 Å². The third kappa shape index (κ3) is 9.81. The van der Waals surface area contributed by atoms with Gasteiger partial charge in [0, 0.05) is 12.1 Å². The average Bonchev–Trinajstić information content (AvgIpc) is 2.86. The minimum atomic E-state index is -1.12. The topological polar surface area (TPSA) is 117 Å². The van der Waals surface area contributed by atoms with Crippen molar-refractivity contribution in [1.82, 2.24) is 10.6 Å². The molecule has 0 radical (unpaired) electrons. The molecule has 0 saturated carbocycles. The summed E-state index contributed by atoms with van der Waals surface area (Å²) in [7, 11) is 1.59. The summed E-state index contributed by atoms with van der Waals surface area (Å²) in [4.78, 5) is 38.3. The Morgan fingerprint density at radius 2 is 1.53 bits per heavy atom. The van der Waals surface area contributed by atoms with Crippen LogP contribution in [0.25, 0.3) is 0 Å². The Labute approximate surface area is 217 Å². The highest BCUT2D eigenvalue weighted by molar-refractivity contribution is 7.98. The molecule has 4 N–H and O–H groups in total. The van der Waals surface area contributed by atoms with E-state index in [0.29, 0.717) is 18.6 Å². The van der Waals surface area contributed by atoms with E-state index >= 15 is 0 Å². The van der Waals surface area contributed by atoms with E-state index in [9.17, 15) is 19.5 Å². The lowest BCUT2D eigenvalue weighted by Crippen LogP contribution is -2.55. The predicted octanol–water partition coefficient (Wildman–Crippen LogP) is 3.57. The zero-order valence-corrected chi connectivity index (χ0v) is 22.1. The van der Waals surface area contributed by atoms with E-state index in [4.69, 9.17) is 4.74 Å². The molecule has 0 aromatic heterocycles.